The normalized spacial score (nSPS) is 11.3. The number of benzene rings is 1. The van der Waals surface area contributed by atoms with Gasteiger partial charge in [-0.3, -0.25) is 4.98 Å². The first-order valence-electron chi connectivity index (χ1n) is 6.24. The summed E-state index contributed by atoms with van der Waals surface area (Å²) in [7, 11) is 1.90. The fourth-order valence-electron chi connectivity index (χ4n) is 2.55. The van der Waals surface area contributed by atoms with Gasteiger partial charge in [-0.1, -0.05) is 13.8 Å². The first-order chi connectivity index (χ1) is 8.47. The van der Waals surface area contributed by atoms with Crippen molar-refractivity contribution in [3.8, 4) is 0 Å². The third kappa shape index (κ3) is 1.84. The van der Waals surface area contributed by atoms with E-state index >= 15 is 0 Å². The van der Waals surface area contributed by atoms with Crippen LogP contribution in [0, 0.1) is 19.7 Å². The molecule has 0 saturated carbocycles. The van der Waals surface area contributed by atoms with Crippen molar-refractivity contribution in [2.75, 3.05) is 12.4 Å². The Morgan fingerprint density at radius 2 is 1.89 bits per heavy atom. The van der Waals surface area contributed by atoms with E-state index in [9.17, 15) is 4.39 Å². The van der Waals surface area contributed by atoms with Gasteiger partial charge in [0, 0.05) is 29.4 Å². The molecule has 0 unspecified atom stereocenters. The van der Waals surface area contributed by atoms with Crippen LogP contribution in [0.3, 0.4) is 0 Å². The molecule has 0 fully saturated rings. The highest BCUT2D eigenvalue weighted by Crippen LogP contribution is 2.34. The number of pyridine rings is 1. The smallest absolute Gasteiger partial charge is 0.128 e. The van der Waals surface area contributed by atoms with Crippen molar-refractivity contribution in [2.24, 2.45) is 0 Å². The lowest BCUT2D eigenvalue weighted by Gasteiger charge is -2.18. The standard InChI is InChI=1S/C15H19FN2/c1-8(2)13-10(4)18-14-9(3)12(16)7-6-11(14)15(13)17-5/h6-8H,1-5H3,(H,17,18). The summed E-state index contributed by atoms with van der Waals surface area (Å²) in [5, 5.41) is 4.24. The van der Waals surface area contributed by atoms with E-state index in [0.29, 0.717) is 11.5 Å². The van der Waals surface area contributed by atoms with Crippen molar-refractivity contribution in [1.82, 2.24) is 4.98 Å². The van der Waals surface area contributed by atoms with Gasteiger partial charge in [0.05, 0.1) is 5.52 Å². The second-order valence-corrected chi connectivity index (χ2v) is 4.96. The van der Waals surface area contributed by atoms with Crippen molar-refractivity contribution in [1.29, 1.82) is 0 Å². The van der Waals surface area contributed by atoms with Gasteiger partial charge >= 0.3 is 0 Å². The highest BCUT2D eigenvalue weighted by atomic mass is 19.1. The van der Waals surface area contributed by atoms with E-state index in [2.05, 4.69) is 24.1 Å². The summed E-state index contributed by atoms with van der Waals surface area (Å²) in [4.78, 5) is 4.59. The number of nitrogens with one attached hydrogen (secondary N) is 1. The molecule has 1 N–H and O–H groups in total. The van der Waals surface area contributed by atoms with Crippen LogP contribution >= 0.6 is 0 Å². The van der Waals surface area contributed by atoms with Crippen LogP contribution in [0.1, 0.15) is 36.6 Å². The van der Waals surface area contributed by atoms with Gasteiger partial charge in [-0.25, -0.2) is 4.39 Å². The second-order valence-electron chi connectivity index (χ2n) is 4.96. The van der Waals surface area contributed by atoms with Crippen LogP contribution in [0.15, 0.2) is 12.1 Å². The van der Waals surface area contributed by atoms with Gasteiger partial charge in [-0.05, 0) is 37.5 Å². The Morgan fingerprint density at radius 1 is 1.22 bits per heavy atom. The number of hydrogen-bond acceptors (Lipinski definition) is 2. The predicted octanol–water partition coefficient (Wildman–Crippen LogP) is 4.16. The Balaban J connectivity index is 2.93. The first kappa shape index (κ1) is 12.8. The van der Waals surface area contributed by atoms with Gasteiger partial charge in [-0.2, -0.15) is 0 Å². The van der Waals surface area contributed by atoms with Crippen molar-refractivity contribution in [3.63, 3.8) is 0 Å². The summed E-state index contributed by atoms with van der Waals surface area (Å²) in [6.45, 7) is 8.05. The van der Waals surface area contributed by atoms with Gasteiger partial charge in [0.1, 0.15) is 5.82 Å². The summed E-state index contributed by atoms with van der Waals surface area (Å²) in [5.74, 6) is 0.184. The number of nitrogens with zero attached hydrogens (tertiary/aromatic N) is 1. The molecule has 2 aromatic rings. The summed E-state index contributed by atoms with van der Waals surface area (Å²) in [6.07, 6.45) is 0. The van der Waals surface area contributed by atoms with Crippen molar-refractivity contribution >= 4 is 16.6 Å². The molecule has 0 aliphatic rings. The summed E-state index contributed by atoms with van der Waals surface area (Å²) in [5.41, 5.74) is 4.60. The molecular weight excluding hydrogens is 227 g/mol. The minimum absolute atomic E-state index is 0.200. The lowest BCUT2D eigenvalue weighted by atomic mass is 9.95. The number of rotatable bonds is 2. The maximum Gasteiger partial charge on any atom is 0.128 e. The molecule has 2 nitrogen and oxygen atoms in total. The molecule has 2 rings (SSSR count). The summed E-state index contributed by atoms with van der Waals surface area (Å²) < 4.78 is 13.6. The van der Waals surface area contributed by atoms with Gasteiger partial charge < -0.3 is 5.32 Å². The molecule has 0 aliphatic carbocycles. The Bertz CT molecular complexity index is 603. The lowest BCUT2D eigenvalue weighted by molar-refractivity contribution is 0.620. The Morgan fingerprint density at radius 3 is 2.44 bits per heavy atom. The van der Waals surface area contributed by atoms with E-state index < -0.39 is 0 Å². The molecule has 18 heavy (non-hydrogen) atoms. The van der Waals surface area contributed by atoms with E-state index in [-0.39, 0.29) is 5.82 Å². The third-order valence-electron chi connectivity index (χ3n) is 3.40. The van der Waals surface area contributed by atoms with Gasteiger partial charge in [0.25, 0.3) is 0 Å². The lowest BCUT2D eigenvalue weighted by Crippen LogP contribution is -2.05. The van der Waals surface area contributed by atoms with Crippen LogP contribution in [-0.2, 0) is 0 Å². The Labute approximate surface area is 107 Å². The van der Waals surface area contributed by atoms with E-state index in [1.807, 2.05) is 20.0 Å². The largest absolute Gasteiger partial charge is 0.387 e. The highest BCUT2D eigenvalue weighted by molar-refractivity contribution is 5.95. The number of halogens is 1. The van der Waals surface area contributed by atoms with Gasteiger partial charge in [0.2, 0.25) is 0 Å². The fraction of sp³-hybridized carbons (Fsp3) is 0.400. The minimum Gasteiger partial charge on any atom is -0.387 e. The molecule has 0 atom stereocenters. The quantitative estimate of drug-likeness (QED) is 0.860. The second kappa shape index (κ2) is 4.56. The average Bonchev–Trinajstić information content (AvgIpc) is 2.32. The molecule has 0 bridgehead atoms. The zero-order chi connectivity index (χ0) is 13.4. The van der Waals surface area contributed by atoms with Gasteiger partial charge in [0.15, 0.2) is 0 Å². The number of aromatic nitrogens is 1. The van der Waals surface area contributed by atoms with Crippen molar-refractivity contribution in [2.45, 2.75) is 33.6 Å². The zero-order valence-electron chi connectivity index (χ0n) is 11.6. The minimum atomic E-state index is -0.200. The van der Waals surface area contributed by atoms with Crippen LogP contribution in [0.4, 0.5) is 10.1 Å². The van der Waals surface area contributed by atoms with Crippen molar-refractivity contribution < 1.29 is 4.39 Å². The number of aryl methyl sites for hydroxylation is 2. The molecule has 0 radical (unpaired) electrons. The predicted molar refractivity (Wildman–Crippen MR) is 74.8 cm³/mol. The molecule has 1 aromatic heterocycles. The highest BCUT2D eigenvalue weighted by Gasteiger charge is 2.16. The van der Waals surface area contributed by atoms with Crippen LogP contribution in [0.2, 0.25) is 0 Å². The van der Waals surface area contributed by atoms with E-state index in [4.69, 9.17) is 0 Å². The number of anilines is 1. The maximum atomic E-state index is 13.6. The molecule has 0 saturated heterocycles. The maximum absolute atomic E-state index is 13.6. The zero-order valence-corrected chi connectivity index (χ0v) is 11.6. The number of fused-ring (bicyclic) bond motifs is 1. The van der Waals surface area contributed by atoms with Crippen LogP contribution < -0.4 is 5.32 Å². The SMILES string of the molecule is CNc1c(C(C)C)c(C)nc2c(C)c(F)ccc12. The van der Waals surface area contributed by atoms with Crippen LogP contribution in [-0.4, -0.2) is 12.0 Å². The molecule has 96 valence electrons. The van der Waals surface area contributed by atoms with E-state index in [1.54, 1.807) is 6.92 Å². The van der Waals surface area contributed by atoms with Crippen molar-refractivity contribution in [3.05, 3.63) is 34.8 Å². The Hall–Kier alpha value is -1.64. The summed E-state index contributed by atoms with van der Waals surface area (Å²) in [6, 6.07) is 3.32. The van der Waals surface area contributed by atoms with Crippen LogP contribution in [0.25, 0.3) is 10.9 Å². The first-order valence-corrected chi connectivity index (χ1v) is 6.24. The molecule has 0 amide bonds. The molecule has 3 heteroatoms. The summed E-state index contributed by atoms with van der Waals surface area (Å²) >= 11 is 0. The molecule has 1 aromatic carbocycles. The monoisotopic (exact) mass is 246 g/mol. The fourth-order valence-corrected chi connectivity index (χ4v) is 2.55. The topological polar surface area (TPSA) is 24.9 Å². The molecule has 1 heterocycles. The number of hydrogen-bond donors (Lipinski definition) is 1. The average molecular weight is 246 g/mol. The Kier molecular flexibility index (Phi) is 3.24. The van der Waals surface area contributed by atoms with Gasteiger partial charge in [-0.15, -0.1) is 0 Å². The van der Waals surface area contributed by atoms with E-state index in [0.717, 1.165) is 22.3 Å². The van der Waals surface area contributed by atoms with E-state index in [1.165, 1.54) is 11.6 Å². The van der Waals surface area contributed by atoms with Crippen LogP contribution in [0.5, 0.6) is 0 Å². The molecule has 0 spiro atoms. The molecular formula is C15H19FN2. The third-order valence-corrected chi connectivity index (χ3v) is 3.40. The molecule has 0 aliphatic heterocycles.